The van der Waals surface area contributed by atoms with E-state index in [0.29, 0.717) is 22.6 Å². The number of phenolic OH excluding ortho intramolecular Hbond substituents is 1. The molecule has 0 heterocycles. The fourth-order valence-corrected chi connectivity index (χ4v) is 4.57. The SMILES string of the molecule is Cc1cc(NC2CC3CCC2(C)C3(C)C)c(C)cc1O. The molecule has 3 rings (SSSR count). The maximum Gasteiger partial charge on any atom is 0.118 e. The molecule has 1 aromatic carbocycles. The van der Waals surface area contributed by atoms with Crippen LogP contribution in [0.3, 0.4) is 0 Å². The van der Waals surface area contributed by atoms with Crippen molar-refractivity contribution < 1.29 is 5.11 Å². The highest BCUT2D eigenvalue weighted by molar-refractivity contribution is 5.57. The lowest BCUT2D eigenvalue weighted by Crippen LogP contribution is -2.40. The van der Waals surface area contributed by atoms with Crippen molar-refractivity contribution >= 4 is 5.69 Å². The van der Waals surface area contributed by atoms with Crippen LogP contribution in [-0.4, -0.2) is 11.1 Å². The van der Waals surface area contributed by atoms with E-state index in [1.807, 2.05) is 13.0 Å². The van der Waals surface area contributed by atoms with E-state index in [1.165, 1.54) is 24.9 Å². The summed E-state index contributed by atoms with van der Waals surface area (Å²) >= 11 is 0. The molecule has 20 heavy (non-hydrogen) atoms. The van der Waals surface area contributed by atoms with Crippen molar-refractivity contribution in [1.29, 1.82) is 0 Å². The predicted molar refractivity (Wildman–Crippen MR) is 84.2 cm³/mol. The lowest BCUT2D eigenvalue weighted by molar-refractivity contribution is 0.142. The summed E-state index contributed by atoms with van der Waals surface area (Å²) in [7, 11) is 0. The maximum atomic E-state index is 9.80. The second-order valence-corrected chi connectivity index (χ2v) is 7.76. The minimum Gasteiger partial charge on any atom is -0.508 e. The zero-order valence-corrected chi connectivity index (χ0v) is 13.4. The third kappa shape index (κ3) is 1.70. The number of benzene rings is 1. The molecule has 0 radical (unpaired) electrons. The topological polar surface area (TPSA) is 32.3 Å². The van der Waals surface area contributed by atoms with Crippen molar-refractivity contribution in [3.8, 4) is 5.75 Å². The molecule has 3 atom stereocenters. The molecule has 2 aliphatic rings. The summed E-state index contributed by atoms with van der Waals surface area (Å²) in [6, 6.07) is 4.52. The van der Waals surface area contributed by atoms with Crippen molar-refractivity contribution in [2.24, 2.45) is 16.7 Å². The molecular formula is C18H27NO. The second-order valence-electron chi connectivity index (χ2n) is 7.76. The summed E-state index contributed by atoms with van der Waals surface area (Å²) in [6.07, 6.45) is 4.00. The normalized spacial score (nSPS) is 34.5. The smallest absolute Gasteiger partial charge is 0.118 e. The van der Waals surface area contributed by atoms with Crippen LogP contribution in [0.15, 0.2) is 12.1 Å². The van der Waals surface area contributed by atoms with Crippen molar-refractivity contribution in [2.45, 2.75) is 59.9 Å². The summed E-state index contributed by atoms with van der Waals surface area (Å²) in [5.41, 5.74) is 4.10. The third-order valence-electron chi connectivity index (χ3n) is 6.67. The Morgan fingerprint density at radius 2 is 1.85 bits per heavy atom. The van der Waals surface area contributed by atoms with Gasteiger partial charge in [0.15, 0.2) is 0 Å². The van der Waals surface area contributed by atoms with Gasteiger partial charge in [-0.05, 0) is 73.1 Å². The number of aryl methyl sites for hydroxylation is 2. The van der Waals surface area contributed by atoms with Crippen molar-refractivity contribution in [3.05, 3.63) is 23.3 Å². The van der Waals surface area contributed by atoms with Crippen LogP contribution < -0.4 is 5.32 Å². The third-order valence-corrected chi connectivity index (χ3v) is 6.67. The summed E-state index contributed by atoms with van der Waals surface area (Å²) in [6.45, 7) is 11.4. The van der Waals surface area contributed by atoms with E-state index >= 15 is 0 Å². The van der Waals surface area contributed by atoms with Crippen LogP contribution in [0.25, 0.3) is 0 Å². The highest BCUT2D eigenvalue weighted by Crippen LogP contribution is 2.65. The molecule has 0 spiro atoms. The minimum absolute atomic E-state index is 0.385. The number of hydrogen-bond acceptors (Lipinski definition) is 2. The Balaban J connectivity index is 1.89. The molecule has 2 aliphatic carbocycles. The summed E-state index contributed by atoms with van der Waals surface area (Å²) < 4.78 is 0. The van der Waals surface area contributed by atoms with E-state index in [-0.39, 0.29) is 0 Å². The molecule has 0 aromatic heterocycles. The summed E-state index contributed by atoms with van der Waals surface area (Å²) in [5, 5.41) is 13.6. The van der Waals surface area contributed by atoms with Crippen LogP contribution >= 0.6 is 0 Å². The molecule has 2 heteroatoms. The van der Waals surface area contributed by atoms with Crippen LogP contribution in [0.2, 0.25) is 0 Å². The summed E-state index contributed by atoms with van der Waals surface area (Å²) in [4.78, 5) is 0. The monoisotopic (exact) mass is 273 g/mol. The Kier molecular flexibility index (Phi) is 2.87. The molecule has 0 amide bonds. The Labute approximate surface area is 122 Å². The lowest BCUT2D eigenvalue weighted by Gasteiger charge is -2.40. The Morgan fingerprint density at radius 3 is 2.40 bits per heavy atom. The van der Waals surface area contributed by atoms with Crippen LogP contribution in [0.1, 0.15) is 51.2 Å². The van der Waals surface area contributed by atoms with Crippen molar-refractivity contribution in [3.63, 3.8) is 0 Å². The molecule has 110 valence electrons. The van der Waals surface area contributed by atoms with Gasteiger partial charge < -0.3 is 10.4 Å². The fourth-order valence-electron chi connectivity index (χ4n) is 4.57. The first kappa shape index (κ1) is 13.8. The zero-order chi connectivity index (χ0) is 14.7. The first-order valence-electron chi connectivity index (χ1n) is 7.82. The number of anilines is 1. The van der Waals surface area contributed by atoms with Crippen molar-refractivity contribution in [2.75, 3.05) is 5.32 Å². The van der Waals surface area contributed by atoms with E-state index in [2.05, 4.69) is 39.1 Å². The van der Waals surface area contributed by atoms with E-state index in [4.69, 9.17) is 0 Å². The lowest BCUT2D eigenvalue weighted by atomic mass is 9.69. The Hall–Kier alpha value is -1.18. The number of fused-ring (bicyclic) bond motifs is 2. The maximum absolute atomic E-state index is 9.80. The molecule has 2 N–H and O–H groups in total. The quantitative estimate of drug-likeness (QED) is 0.770. The molecule has 2 saturated carbocycles. The minimum atomic E-state index is 0.385. The van der Waals surface area contributed by atoms with Gasteiger partial charge in [0.05, 0.1) is 0 Å². The highest BCUT2D eigenvalue weighted by Gasteiger charge is 2.61. The molecule has 3 unspecified atom stereocenters. The molecule has 1 aromatic rings. The summed E-state index contributed by atoms with van der Waals surface area (Å²) in [5.74, 6) is 1.25. The zero-order valence-electron chi connectivity index (χ0n) is 13.4. The van der Waals surface area contributed by atoms with E-state index < -0.39 is 0 Å². The number of phenols is 1. The molecule has 0 aliphatic heterocycles. The van der Waals surface area contributed by atoms with Crippen LogP contribution in [0.5, 0.6) is 5.75 Å². The van der Waals surface area contributed by atoms with Gasteiger partial charge in [0.25, 0.3) is 0 Å². The van der Waals surface area contributed by atoms with Gasteiger partial charge in [0.2, 0.25) is 0 Å². The average molecular weight is 273 g/mol. The van der Waals surface area contributed by atoms with Gasteiger partial charge in [-0.1, -0.05) is 20.8 Å². The molecule has 2 bridgehead atoms. The van der Waals surface area contributed by atoms with Gasteiger partial charge in [0, 0.05) is 11.7 Å². The van der Waals surface area contributed by atoms with Crippen LogP contribution in [-0.2, 0) is 0 Å². The molecule has 0 saturated heterocycles. The van der Waals surface area contributed by atoms with Gasteiger partial charge in [-0.25, -0.2) is 0 Å². The van der Waals surface area contributed by atoms with Crippen LogP contribution in [0, 0.1) is 30.6 Å². The van der Waals surface area contributed by atoms with Crippen molar-refractivity contribution in [1.82, 2.24) is 0 Å². The van der Waals surface area contributed by atoms with E-state index in [9.17, 15) is 5.11 Å². The number of rotatable bonds is 2. The van der Waals surface area contributed by atoms with E-state index in [1.54, 1.807) is 0 Å². The molecular weight excluding hydrogens is 246 g/mol. The van der Waals surface area contributed by atoms with Crippen LogP contribution in [0.4, 0.5) is 5.69 Å². The first-order valence-corrected chi connectivity index (χ1v) is 7.82. The van der Waals surface area contributed by atoms with Gasteiger partial charge in [0.1, 0.15) is 5.75 Å². The number of hydrogen-bond donors (Lipinski definition) is 2. The molecule has 2 nitrogen and oxygen atoms in total. The average Bonchev–Trinajstić information content (AvgIpc) is 2.69. The second kappa shape index (κ2) is 4.16. The van der Waals surface area contributed by atoms with Gasteiger partial charge in [-0.15, -0.1) is 0 Å². The number of aromatic hydroxyl groups is 1. The van der Waals surface area contributed by atoms with E-state index in [0.717, 1.165) is 17.0 Å². The largest absolute Gasteiger partial charge is 0.508 e. The Morgan fingerprint density at radius 1 is 1.15 bits per heavy atom. The number of nitrogens with one attached hydrogen (secondary N) is 1. The first-order chi connectivity index (χ1) is 9.25. The fraction of sp³-hybridized carbons (Fsp3) is 0.667. The Bertz CT molecular complexity index is 549. The standard InChI is InChI=1S/C18H27NO/c1-11-9-15(20)12(2)8-14(11)19-16-10-13-6-7-18(16,5)17(13,3)4/h8-9,13,16,19-20H,6-7,10H2,1-5H3. The van der Waals surface area contributed by atoms with Gasteiger partial charge >= 0.3 is 0 Å². The highest BCUT2D eigenvalue weighted by atomic mass is 16.3. The van der Waals surface area contributed by atoms with Gasteiger partial charge in [-0.2, -0.15) is 0 Å². The molecule has 2 fully saturated rings. The van der Waals surface area contributed by atoms with Gasteiger partial charge in [-0.3, -0.25) is 0 Å². The predicted octanol–water partition coefficient (Wildman–Crippen LogP) is 4.64.